The molecule has 0 unspecified atom stereocenters. The molecule has 1 aliphatic heterocycles. The van der Waals surface area contributed by atoms with Crippen molar-refractivity contribution < 1.29 is 14.3 Å². The number of rotatable bonds is 9. The lowest BCUT2D eigenvalue weighted by Gasteiger charge is -2.26. The number of ether oxygens (including phenoxy) is 1. The van der Waals surface area contributed by atoms with Crippen molar-refractivity contribution >= 4 is 11.8 Å². The molecule has 2 amide bonds. The number of carbonyl (C=O) groups excluding carboxylic acids is 2. The summed E-state index contributed by atoms with van der Waals surface area (Å²) >= 11 is 0. The van der Waals surface area contributed by atoms with Crippen molar-refractivity contribution in [2.24, 2.45) is 0 Å². The second-order valence-corrected chi connectivity index (χ2v) is 5.04. The minimum Gasteiger partial charge on any atom is -0.379 e. The Morgan fingerprint density at radius 2 is 1.70 bits per heavy atom. The molecule has 0 saturated carbocycles. The van der Waals surface area contributed by atoms with E-state index in [9.17, 15) is 9.59 Å². The van der Waals surface area contributed by atoms with Gasteiger partial charge in [-0.3, -0.25) is 14.5 Å². The second-order valence-electron chi connectivity index (χ2n) is 5.04. The SMILES string of the molecule is CCCCCNC(=O)CC(=O)NCCN1CCOCC1. The Hall–Kier alpha value is -1.14. The fraction of sp³-hybridized carbons (Fsp3) is 0.857. The van der Waals surface area contributed by atoms with Gasteiger partial charge in [0, 0.05) is 32.7 Å². The average molecular weight is 285 g/mol. The summed E-state index contributed by atoms with van der Waals surface area (Å²) in [5, 5.41) is 5.54. The van der Waals surface area contributed by atoms with Crippen LogP contribution in [0.25, 0.3) is 0 Å². The van der Waals surface area contributed by atoms with Crippen molar-refractivity contribution in [1.29, 1.82) is 0 Å². The molecule has 0 aliphatic carbocycles. The fourth-order valence-corrected chi connectivity index (χ4v) is 2.05. The molecular weight excluding hydrogens is 258 g/mol. The monoisotopic (exact) mass is 285 g/mol. The maximum absolute atomic E-state index is 11.6. The van der Waals surface area contributed by atoms with Crippen LogP contribution in [-0.4, -0.2) is 62.7 Å². The first-order valence-electron chi connectivity index (χ1n) is 7.56. The van der Waals surface area contributed by atoms with Crippen molar-refractivity contribution in [3.05, 3.63) is 0 Å². The largest absolute Gasteiger partial charge is 0.379 e. The lowest BCUT2D eigenvalue weighted by Crippen LogP contribution is -2.42. The Morgan fingerprint density at radius 3 is 2.35 bits per heavy atom. The van der Waals surface area contributed by atoms with Crippen LogP contribution in [0, 0.1) is 0 Å². The van der Waals surface area contributed by atoms with Gasteiger partial charge >= 0.3 is 0 Å². The summed E-state index contributed by atoms with van der Waals surface area (Å²) in [7, 11) is 0. The molecule has 20 heavy (non-hydrogen) atoms. The maximum atomic E-state index is 11.6. The van der Waals surface area contributed by atoms with E-state index in [1.807, 2.05) is 0 Å². The van der Waals surface area contributed by atoms with Crippen LogP contribution in [-0.2, 0) is 14.3 Å². The predicted molar refractivity (Wildman–Crippen MR) is 77.4 cm³/mol. The number of unbranched alkanes of at least 4 members (excludes halogenated alkanes) is 2. The van der Waals surface area contributed by atoms with Crippen LogP contribution >= 0.6 is 0 Å². The Morgan fingerprint density at radius 1 is 1.05 bits per heavy atom. The van der Waals surface area contributed by atoms with Crippen molar-refractivity contribution in [3.8, 4) is 0 Å². The summed E-state index contributed by atoms with van der Waals surface area (Å²) in [6.07, 6.45) is 3.13. The van der Waals surface area contributed by atoms with Gasteiger partial charge in [0.25, 0.3) is 0 Å². The van der Waals surface area contributed by atoms with Crippen LogP contribution in [0.5, 0.6) is 0 Å². The molecule has 1 fully saturated rings. The van der Waals surface area contributed by atoms with Gasteiger partial charge in [-0.05, 0) is 6.42 Å². The van der Waals surface area contributed by atoms with Crippen LogP contribution in [0.4, 0.5) is 0 Å². The van der Waals surface area contributed by atoms with Gasteiger partial charge in [-0.15, -0.1) is 0 Å². The number of morpholine rings is 1. The van der Waals surface area contributed by atoms with Crippen LogP contribution in [0.15, 0.2) is 0 Å². The minimum atomic E-state index is -0.203. The van der Waals surface area contributed by atoms with E-state index in [0.717, 1.165) is 52.1 Å². The molecular formula is C14H27N3O3. The molecule has 0 aromatic heterocycles. The number of carbonyl (C=O) groups is 2. The van der Waals surface area contributed by atoms with Crippen LogP contribution in [0.2, 0.25) is 0 Å². The van der Waals surface area contributed by atoms with E-state index < -0.39 is 0 Å². The topological polar surface area (TPSA) is 70.7 Å². The summed E-state index contributed by atoms with van der Waals surface area (Å²) in [5.41, 5.74) is 0. The first-order chi connectivity index (χ1) is 9.72. The molecule has 0 radical (unpaired) electrons. The molecule has 1 saturated heterocycles. The van der Waals surface area contributed by atoms with Crippen molar-refractivity contribution in [2.75, 3.05) is 45.9 Å². The van der Waals surface area contributed by atoms with Crippen LogP contribution in [0.1, 0.15) is 32.6 Å². The third-order valence-electron chi connectivity index (χ3n) is 3.28. The molecule has 1 aliphatic rings. The summed E-state index contributed by atoms with van der Waals surface area (Å²) in [5.74, 6) is -0.392. The average Bonchev–Trinajstić information content (AvgIpc) is 2.45. The van der Waals surface area contributed by atoms with Crippen LogP contribution < -0.4 is 10.6 Å². The third kappa shape index (κ3) is 8.12. The Kier molecular flexibility index (Phi) is 8.98. The Labute approximate surface area is 121 Å². The van der Waals surface area contributed by atoms with Crippen molar-refractivity contribution in [3.63, 3.8) is 0 Å². The molecule has 0 aromatic rings. The summed E-state index contributed by atoms with van der Waals surface area (Å²) < 4.78 is 5.25. The lowest BCUT2D eigenvalue weighted by molar-refractivity contribution is -0.129. The fourth-order valence-electron chi connectivity index (χ4n) is 2.05. The third-order valence-corrected chi connectivity index (χ3v) is 3.28. The highest BCUT2D eigenvalue weighted by atomic mass is 16.5. The van der Waals surface area contributed by atoms with E-state index in [1.165, 1.54) is 0 Å². The predicted octanol–water partition coefficient (Wildman–Crippen LogP) is 0.131. The van der Waals surface area contributed by atoms with Gasteiger partial charge in [-0.1, -0.05) is 19.8 Å². The zero-order valence-electron chi connectivity index (χ0n) is 12.5. The Bertz CT molecular complexity index is 291. The van der Waals surface area contributed by atoms with Gasteiger partial charge in [0.05, 0.1) is 13.2 Å². The van der Waals surface area contributed by atoms with E-state index in [-0.39, 0.29) is 18.2 Å². The van der Waals surface area contributed by atoms with Gasteiger partial charge in [0.1, 0.15) is 6.42 Å². The van der Waals surface area contributed by atoms with Gasteiger partial charge in [-0.25, -0.2) is 0 Å². The van der Waals surface area contributed by atoms with Gasteiger partial charge in [0.2, 0.25) is 11.8 Å². The molecule has 1 rings (SSSR count). The van der Waals surface area contributed by atoms with E-state index >= 15 is 0 Å². The molecule has 0 spiro atoms. The number of hydrogen-bond acceptors (Lipinski definition) is 4. The minimum absolute atomic E-state index is 0.0742. The Balaban J connectivity index is 1.99. The summed E-state index contributed by atoms with van der Waals surface area (Å²) in [6.45, 7) is 7.51. The zero-order chi connectivity index (χ0) is 14.6. The summed E-state index contributed by atoms with van der Waals surface area (Å²) in [4.78, 5) is 25.3. The van der Waals surface area contributed by atoms with E-state index in [0.29, 0.717) is 13.1 Å². The summed E-state index contributed by atoms with van der Waals surface area (Å²) in [6, 6.07) is 0. The number of nitrogens with zero attached hydrogens (tertiary/aromatic N) is 1. The van der Waals surface area contributed by atoms with E-state index in [1.54, 1.807) is 0 Å². The second kappa shape index (κ2) is 10.6. The molecule has 0 atom stereocenters. The van der Waals surface area contributed by atoms with Gasteiger partial charge < -0.3 is 15.4 Å². The van der Waals surface area contributed by atoms with Crippen LogP contribution in [0.3, 0.4) is 0 Å². The molecule has 6 nitrogen and oxygen atoms in total. The number of amides is 2. The lowest BCUT2D eigenvalue weighted by atomic mass is 10.2. The highest BCUT2D eigenvalue weighted by Crippen LogP contribution is 1.95. The zero-order valence-corrected chi connectivity index (χ0v) is 12.5. The standard InChI is InChI=1S/C14H27N3O3/c1-2-3-4-5-15-13(18)12-14(19)16-6-7-17-8-10-20-11-9-17/h2-12H2,1H3,(H,15,18)(H,16,19). The highest BCUT2D eigenvalue weighted by molar-refractivity contribution is 5.96. The molecule has 1 heterocycles. The van der Waals surface area contributed by atoms with Gasteiger partial charge in [0.15, 0.2) is 0 Å². The first-order valence-corrected chi connectivity index (χ1v) is 7.56. The normalized spacial score (nSPS) is 15.8. The molecule has 0 bridgehead atoms. The highest BCUT2D eigenvalue weighted by Gasteiger charge is 2.11. The molecule has 6 heteroatoms. The molecule has 0 aromatic carbocycles. The number of hydrogen-bond donors (Lipinski definition) is 2. The molecule has 116 valence electrons. The van der Waals surface area contributed by atoms with Gasteiger partial charge in [-0.2, -0.15) is 0 Å². The smallest absolute Gasteiger partial charge is 0.229 e. The van der Waals surface area contributed by atoms with E-state index in [2.05, 4.69) is 22.5 Å². The maximum Gasteiger partial charge on any atom is 0.229 e. The first kappa shape index (κ1) is 16.9. The van der Waals surface area contributed by atoms with Crippen molar-refractivity contribution in [1.82, 2.24) is 15.5 Å². The number of nitrogens with one attached hydrogen (secondary N) is 2. The molecule has 2 N–H and O–H groups in total. The van der Waals surface area contributed by atoms with E-state index in [4.69, 9.17) is 4.74 Å². The van der Waals surface area contributed by atoms with Crippen molar-refractivity contribution in [2.45, 2.75) is 32.6 Å². The quantitative estimate of drug-likeness (QED) is 0.467.